The van der Waals surface area contributed by atoms with Crippen LogP contribution in [-0.2, 0) is 17.8 Å². The fourth-order valence-electron chi connectivity index (χ4n) is 4.10. The van der Waals surface area contributed by atoms with Crippen LogP contribution in [0.2, 0.25) is 0 Å². The molecule has 7 nitrogen and oxygen atoms in total. The van der Waals surface area contributed by atoms with E-state index < -0.39 is 11.9 Å². The fraction of sp³-hybridized carbons (Fsp3) is 0.120. The molecule has 0 saturated carbocycles. The monoisotopic (exact) mass is 423 g/mol. The van der Waals surface area contributed by atoms with Crippen molar-refractivity contribution in [2.45, 2.75) is 19.0 Å². The Morgan fingerprint density at radius 1 is 0.938 bits per heavy atom. The summed E-state index contributed by atoms with van der Waals surface area (Å²) in [6, 6.07) is 20.3. The van der Waals surface area contributed by atoms with Gasteiger partial charge in [0.2, 0.25) is 5.91 Å². The van der Waals surface area contributed by atoms with Gasteiger partial charge in [-0.1, -0.05) is 42.5 Å². The minimum Gasteiger partial charge on any atom is -0.368 e. The maximum absolute atomic E-state index is 13.8. The third-order valence-electron chi connectivity index (χ3n) is 5.74. The second kappa shape index (κ2) is 8.11. The topological polar surface area (TPSA) is 94.1 Å². The van der Waals surface area contributed by atoms with Crippen molar-refractivity contribution in [3.63, 3.8) is 0 Å². The lowest BCUT2D eigenvalue weighted by Gasteiger charge is -2.35. The number of nitrogens with two attached hydrogens (primary N) is 1. The SMILES string of the molecule is NC(=O)[C@@H]1Cc2ccccc2CN1C(=O)c1cn(-c2ccccc2)nc1-c1cccnc1. The van der Waals surface area contributed by atoms with Crippen LogP contribution in [0.25, 0.3) is 16.9 Å². The van der Waals surface area contributed by atoms with Crippen LogP contribution in [0, 0.1) is 0 Å². The van der Waals surface area contributed by atoms with Gasteiger partial charge < -0.3 is 10.6 Å². The first-order chi connectivity index (χ1) is 15.6. The number of nitrogens with zero attached hydrogens (tertiary/aromatic N) is 4. The summed E-state index contributed by atoms with van der Waals surface area (Å²) >= 11 is 0. The molecule has 1 atom stereocenters. The van der Waals surface area contributed by atoms with E-state index in [-0.39, 0.29) is 5.91 Å². The number of rotatable bonds is 4. The molecule has 2 aromatic heterocycles. The zero-order valence-corrected chi connectivity index (χ0v) is 17.3. The van der Waals surface area contributed by atoms with Crippen molar-refractivity contribution in [2.24, 2.45) is 5.73 Å². The van der Waals surface area contributed by atoms with Crippen LogP contribution in [0.1, 0.15) is 21.5 Å². The Labute approximate surface area is 185 Å². The molecule has 1 aliphatic rings. The number of aromatic nitrogens is 3. The lowest BCUT2D eigenvalue weighted by atomic mass is 9.93. The molecule has 0 unspecified atom stereocenters. The number of hydrogen-bond donors (Lipinski definition) is 1. The van der Waals surface area contributed by atoms with Crippen molar-refractivity contribution >= 4 is 11.8 Å². The molecule has 0 fully saturated rings. The molecule has 158 valence electrons. The molecule has 0 radical (unpaired) electrons. The number of carbonyl (C=O) groups excluding carboxylic acids is 2. The third-order valence-corrected chi connectivity index (χ3v) is 5.74. The molecule has 4 aromatic rings. The van der Waals surface area contributed by atoms with Gasteiger partial charge >= 0.3 is 0 Å². The summed E-state index contributed by atoms with van der Waals surface area (Å²) in [4.78, 5) is 31.8. The van der Waals surface area contributed by atoms with Crippen molar-refractivity contribution in [3.05, 3.63) is 102 Å². The summed E-state index contributed by atoms with van der Waals surface area (Å²) in [7, 11) is 0. The lowest BCUT2D eigenvalue weighted by Crippen LogP contribution is -2.51. The first kappa shape index (κ1) is 19.7. The predicted octanol–water partition coefficient (Wildman–Crippen LogP) is 2.99. The van der Waals surface area contributed by atoms with Gasteiger partial charge in [-0.05, 0) is 35.4 Å². The van der Waals surface area contributed by atoms with E-state index in [1.807, 2.05) is 60.7 Å². The Morgan fingerprint density at radius 2 is 1.69 bits per heavy atom. The first-order valence-corrected chi connectivity index (χ1v) is 10.3. The molecule has 0 aliphatic carbocycles. The molecule has 7 heteroatoms. The molecule has 2 aromatic carbocycles. The molecule has 5 rings (SSSR count). The molecular formula is C25H21N5O2. The molecule has 0 bridgehead atoms. The van der Waals surface area contributed by atoms with Crippen LogP contribution in [-0.4, -0.2) is 37.5 Å². The molecule has 0 spiro atoms. The van der Waals surface area contributed by atoms with E-state index in [4.69, 9.17) is 10.8 Å². The second-order valence-electron chi connectivity index (χ2n) is 7.74. The quantitative estimate of drug-likeness (QED) is 0.546. The number of primary amides is 1. The van der Waals surface area contributed by atoms with Gasteiger partial charge in [0.1, 0.15) is 11.7 Å². The Hall–Kier alpha value is -4.26. The standard InChI is InChI=1S/C25H21N5O2/c26-24(31)22-13-17-7-4-5-8-19(17)15-29(22)25(32)21-16-30(20-10-2-1-3-11-20)28-23(21)18-9-6-12-27-14-18/h1-12,14,16,22H,13,15H2,(H2,26,31)/t22-/m0/s1. The minimum absolute atomic E-state index is 0.288. The van der Waals surface area contributed by atoms with Crippen molar-refractivity contribution in [2.75, 3.05) is 0 Å². The number of pyridine rings is 1. The van der Waals surface area contributed by atoms with Crippen LogP contribution in [0.15, 0.2) is 85.3 Å². The van der Waals surface area contributed by atoms with Gasteiger partial charge in [-0.25, -0.2) is 4.68 Å². The van der Waals surface area contributed by atoms with E-state index in [0.717, 1.165) is 22.4 Å². The zero-order valence-electron chi connectivity index (χ0n) is 17.3. The largest absolute Gasteiger partial charge is 0.368 e. The van der Waals surface area contributed by atoms with Gasteiger partial charge in [-0.3, -0.25) is 14.6 Å². The summed E-state index contributed by atoms with van der Waals surface area (Å²) < 4.78 is 1.67. The van der Waals surface area contributed by atoms with Gasteiger partial charge in [0.05, 0.1) is 11.3 Å². The minimum atomic E-state index is -0.723. The van der Waals surface area contributed by atoms with E-state index >= 15 is 0 Å². The van der Waals surface area contributed by atoms with Crippen molar-refractivity contribution in [1.82, 2.24) is 19.7 Å². The molecule has 1 aliphatic heterocycles. The van der Waals surface area contributed by atoms with E-state index in [9.17, 15) is 9.59 Å². The highest BCUT2D eigenvalue weighted by molar-refractivity contribution is 6.02. The van der Waals surface area contributed by atoms with Gasteiger partial charge in [0, 0.05) is 37.1 Å². The van der Waals surface area contributed by atoms with Crippen LogP contribution in [0.4, 0.5) is 0 Å². The average molecular weight is 423 g/mol. The number of hydrogen-bond acceptors (Lipinski definition) is 4. The van der Waals surface area contributed by atoms with Crippen LogP contribution in [0.3, 0.4) is 0 Å². The molecule has 2 amide bonds. The second-order valence-corrected chi connectivity index (χ2v) is 7.74. The summed E-state index contributed by atoms with van der Waals surface area (Å²) in [5.41, 5.74) is 10.2. The molecule has 32 heavy (non-hydrogen) atoms. The van der Waals surface area contributed by atoms with Crippen LogP contribution in [0.5, 0.6) is 0 Å². The number of amides is 2. The number of carbonyl (C=O) groups is 2. The highest BCUT2D eigenvalue weighted by Gasteiger charge is 2.35. The van der Waals surface area contributed by atoms with Crippen LogP contribution >= 0.6 is 0 Å². The number of fused-ring (bicyclic) bond motifs is 1. The maximum atomic E-state index is 13.8. The van der Waals surface area contributed by atoms with Crippen LogP contribution < -0.4 is 5.73 Å². The summed E-state index contributed by atoms with van der Waals surface area (Å²) in [6.07, 6.45) is 5.44. The smallest absolute Gasteiger partial charge is 0.258 e. The predicted molar refractivity (Wildman–Crippen MR) is 120 cm³/mol. The third kappa shape index (κ3) is 3.54. The Kier molecular flexibility index (Phi) is 4.99. The van der Waals surface area contributed by atoms with E-state index in [2.05, 4.69) is 4.98 Å². The first-order valence-electron chi connectivity index (χ1n) is 10.3. The van der Waals surface area contributed by atoms with E-state index in [1.165, 1.54) is 0 Å². The Morgan fingerprint density at radius 3 is 2.41 bits per heavy atom. The van der Waals surface area contributed by atoms with Crippen molar-refractivity contribution in [1.29, 1.82) is 0 Å². The van der Waals surface area contributed by atoms with Crippen molar-refractivity contribution < 1.29 is 9.59 Å². The maximum Gasteiger partial charge on any atom is 0.258 e. The van der Waals surface area contributed by atoms with Gasteiger partial charge in [0.15, 0.2) is 0 Å². The average Bonchev–Trinajstić information content (AvgIpc) is 3.29. The van der Waals surface area contributed by atoms with Crippen molar-refractivity contribution in [3.8, 4) is 16.9 Å². The number of para-hydroxylation sites is 1. The highest BCUT2D eigenvalue weighted by atomic mass is 16.2. The van der Waals surface area contributed by atoms with Gasteiger partial charge in [-0.15, -0.1) is 0 Å². The van der Waals surface area contributed by atoms with Gasteiger partial charge in [0.25, 0.3) is 5.91 Å². The van der Waals surface area contributed by atoms with E-state index in [0.29, 0.717) is 24.2 Å². The number of benzene rings is 2. The molecule has 2 N–H and O–H groups in total. The van der Waals surface area contributed by atoms with Gasteiger partial charge in [-0.2, -0.15) is 5.10 Å². The fourth-order valence-corrected chi connectivity index (χ4v) is 4.10. The molecule has 3 heterocycles. The van der Waals surface area contributed by atoms with E-state index in [1.54, 1.807) is 34.2 Å². The Bertz CT molecular complexity index is 1280. The normalized spacial score (nSPS) is 15.2. The summed E-state index contributed by atoms with van der Waals surface area (Å²) in [6.45, 7) is 0.311. The Balaban J connectivity index is 1.61. The lowest BCUT2D eigenvalue weighted by molar-refractivity contribution is -0.122. The highest BCUT2D eigenvalue weighted by Crippen LogP contribution is 2.29. The summed E-state index contributed by atoms with van der Waals surface area (Å²) in [5.74, 6) is -0.810. The summed E-state index contributed by atoms with van der Waals surface area (Å²) in [5, 5.41) is 4.69. The zero-order chi connectivity index (χ0) is 22.1. The molecule has 0 saturated heterocycles. The molecular weight excluding hydrogens is 402 g/mol.